The summed E-state index contributed by atoms with van der Waals surface area (Å²) in [4.78, 5) is 18.1. The number of nitrogens with zero attached hydrogens (tertiary/aromatic N) is 5. The fourth-order valence-corrected chi connectivity index (χ4v) is 1.50. The van der Waals surface area contributed by atoms with Crippen LogP contribution in [-0.4, -0.2) is 31.3 Å². The van der Waals surface area contributed by atoms with Gasteiger partial charge in [-0.2, -0.15) is 0 Å². The van der Waals surface area contributed by atoms with Crippen LogP contribution in [0.15, 0.2) is 31.0 Å². The highest BCUT2D eigenvalue weighted by atomic mass is 16.6. The molecule has 2 heterocycles. The van der Waals surface area contributed by atoms with Gasteiger partial charge < -0.3 is 19.9 Å². The Labute approximate surface area is 98.4 Å². The zero-order valence-electron chi connectivity index (χ0n) is 9.65. The van der Waals surface area contributed by atoms with Crippen molar-refractivity contribution in [3.05, 3.63) is 46.9 Å². The molecule has 0 radical (unpaired) electrons. The largest absolute Gasteiger partial charge is 0.358 e. The van der Waals surface area contributed by atoms with Gasteiger partial charge in [0, 0.05) is 31.8 Å². The van der Waals surface area contributed by atoms with E-state index in [9.17, 15) is 10.1 Å². The molecule has 1 aromatic rings. The Morgan fingerprint density at radius 3 is 2.47 bits per heavy atom. The van der Waals surface area contributed by atoms with Crippen molar-refractivity contribution >= 4 is 5.82 Å². The molecule has 0 spiro atoms. The monoisotopic (exact) mass is 235 g/mol. The topological polar surface area (TPSA) is 67.4 Å². The molecule has 0 amide bonds. The van der Waals surface area contributed by atoms with Crippen LogP contribution < -0.4 is 0 Å². The Morgan fingerprint density at radius 1 is 1.29 bits per heavy atom. The maximum atomic E-state index is 10.7. The maximum absolute atomic E-state index is 10.7. The average molecular weight is 235 g/mol. The Balaban J connectivity index is 2.12. The van der Waals surface area contributed by atoms with E-state index >= 15 is 0 Å². The summed E-state index contributed by atoms with van der Waals surface area (Å²) in [5, 5.41) is 10.7. The van der Waals surface area contributed by atoms with Crippen LogP contribution >= 0.6 is 0 Å². The molecule has 0 fully saturated rings. The van der Waals surface area contributed by atoms with Crippen LogP contribution in [0.4, 0.5) is 5.82 Å². The molecule has 0 N–H and O–H groups in total. The lowest BCUT2D eigenvalue weighted by Gasteiger charge is -2.20. The van der Waals surface area contributed by atoms with Gasteiger partial charge in [-0.1, -0.05) is 0 Å². The van der Waals surface area contributed by atoms with E-state index in [0.717, 1.165) is 0 Å². The molecule has 0 bridgehead atoms. The molecule has 7 nitrogen and oxygen atoms in total. The summed E-state index contributed by atoms with van der Waals surface area (Å²) in [5.74, 6) is 0.651. The van der Waals surface area contributed by atoms with Crippen molar-refractivity contribution in [3.8, 4) is 0 Å². The first-order valence-electron chi connectivity index (χ1n) is 5.07. The molecule has 0 saturated heterocycles. The zero-order valence-corrected chi connectivity index (χ0v) is 9.65. The smallest absolute Gasteiger partial charge is 0.342 e. The molecule has 0 aromatic carbocycles. The molecule has 1 aliphatic heterocycles. The fourth-order valence-electron chi connectivity index (χ4n) is 1.50. The minimum atomic E-state index is -0.438. The quantitative estimate of drug-likeness (QED) is 0.578. The molecule has 0 atom stereocenters. The van der Waals surface area contributed by atoms with Gasteiger partial charge in [-0.3, -0.25) is 0 Å². The van der Waals surface area contributed by atoms with Gasteiger partial charge in [0.2, 0.25) is 5.82 Å². The van der Waals surface area contributed by atoms with E-state index in [-0.39, 0.29) is 5.82 Å². The van der Waals surface area contributed by atoms with Gasteiger partial charge in [-0.25, -0.2) is 9.55 Å². The van der Waals surface area contributed by atoms with E-state index in [0.29, 0.717) is 12.4 Å². The maximum Gasteiger partial charge on any atom is 0.342 e. The molecule has 0 aliphatic carbocycles. The van der Waals surface area contributed by atoms with Crippen LogP contribution in [0.1, 0.15) is 5.82 Å². The molecule has 7 heteroatoms. The van der Waals surface area contributed by atoms with Crippen molar-refractivity contribution in [2.24, 2.45) is 7.05 Å². The highest BCUT2D eigenvalue weighted by molar-refractivity contribution is 5.19. The Bertz CT molecular complexity index is 477. The van der Waals surface area contributed by atoms with Gasteiger partial charge in [0.25, 0.3) is 0 Å². The number of rotatable bonds is 3. The molecular weight excluding hydrogens is 222 g/mol. The van der Waals surface area contributed by atoms with Crippen LogP contribution in [0, 0.1) is 10.1 Å². The van der Waals surface area contributed by atoms with Gasteiger partial charge >= 0.3 is 5.82 Å². The molecule has 1 aromatic heterocycles. The van der Waals surface area contributed by atoms with E-state index in [1.807, 2.05) is 41.6 Å². The summed E-state index contributed by atoms with van der Waals surface area (Å²) in [5.41, 5.74) is 0. The van der Waals surface area contributed by atoms with Crippen LogP contribution in [0.2, 0.25) is 0 Å². The first-order valence-corrected chi connectivity index (χ1v) is 5.07. The number of aromatic nitrogens is 2. The Kier molecular flexibility index (Phi) is 2.82. The minimum absolute atomic E-state index is 0.00193. The lowest BCUT2D eigenvalue weighted by Crippen LogP contribution is -2.18. The van der Waals surface area contributed by atoms with Crippen LogP contribution in [0.5, 0.6) is 0 Å². The summed E-state index contributed by atoms with van der Waals surface area (Å²) in [7, 11) is 3.57. The average Bonchev–Trinajstić information content (AvgIpc) is 2.64. The number of imidazole rings is 1. The van der Waals surface area contributed by atoms with Gasteiger partial charge in [0.15, 0.2) is 0 Å². The molecule has 2 rings (SSSR count). The molecule has 90 valence electrons. The van der Waals surface area contributed by atoms with Crippen LogP contribution in [-0.2, 0) is 13.6 Å². The van der Waals surface area contributed by atoms with Crippen molar-refractivity contribution in [2.45, 2.75) is 6.54 Å². The third kappa shape index (κ3) is 2.27. The minimum Gasteiger partial charge on any atom is -0.358 e. The summed E-state index contributed by atoms with van der Waals surface area (Å²) < 4.78 is 1.49. The van der Waals surface area contributed by atoms with E-state index in [1.165, 1.54) is 10.8 Å². The highest BCUT2D eigenvalue weighted by Crippen LogP contribution is 2.14. The van der Waals surface area contributed by atoms with Crippen LogP contribution in [0.25, 0.3) is 0 Å². The lowest BCUT2D eigenvalue weighted by molar-refractivity contribution is -0.391. The van der Waals surface area contributed by atoms with E-state index < -0.39 is 4.92 Å². The molecule has 0 unspecified atom stereocenters. The lowest BCUT2D eigenvalue weighted by atomic mass is 10.5. The second-order valence-corrected chi connectivity index (χ2v) is 3.78. The second kappa shape index (κ2) is 4.28. The standard InChI is InChI=1S/C10H13N5O2/c1-12-3-5-14(6-4-12)8-9-11-7-10(13(9)2)15(16)17/h3-7H,8H2,1-2H3. The molecular formula is C10H13N5O2. The fraction of sp³-hybridized carbons (Fsp3) is 0.300. The van der Waals surface area contributed by atoms with Crippen molar-refractivity contribution in [3.63, 3.8) is 0 Å². The SMILES string of the molecule is CN1C=CN(Cc2ncc([N+](=O)[O-])n2C)C=C1. The van der Waals surface area contributed by atoms with E-state index in [2.05, 4.69) is 4.98 Å². The number of hydrogen-bond acceptors (Lipinski definition) is 5. The summed E-state index contributed by atoms with van der Waals surface area (Å²) in [6.45, 7) is 0.505. The first-order chi connectivity index (χ1) is 8.08. The van der Waals surface area contributed by atoms with Gasteiger partial charge in [-0.15, -0.1) is 0 Å². The van der Waals surface area contributed by atoms with Crippen LogP contribution in [0.3, 0.4) is 0 Å². The van der Waals surface area contributed by atoms with Gasteiger partial charge in [-0.05, 0) is 4.92 Å². The van der Waals surface area contributed by atoms with Crippen molar-refractivity contribution in [1.82, 2.24) is 19.4 Å². The molecule has 1 aliphatic rings. The van der Waals surface area contributed by atoms with Gasteiger partial charge in [0.05, 0.1) is 7.05 Å². The molecule has 0 saturated carbocycles. The van der Waals surface area contributed by atoms with Crippen molar-refractivity contribution in [1.29, 1.82) is 0 Å². The predicted octanol–water partition coefficient (Wildman–Crippen LogP) is 1.02. The molecule has 17 heavy (non-hydrogen) atoms. The summed E-state index contributed by atoms with van der Waals surface area (Å²) in [6.07, 6.45) is 8.86. The highest BCUT2D eigenvalue weighted by Gasteiger charge is 2.17. The normalized spacial score (nSPS) is 14.5. The predicted molar refractivity (Wildman–Crippen MR) is 61.4 cm³/mol. The first kappa shape index (κ1) is 11.2. The van der Waals surface area contributed by atoms with E-state index in [4.69, 9.17) is 0 Å². The summed E-state index contributed by atoms with van der Waals surface area (Å²) >= 11 is 0. The third-order valence-corrected chi connectivity index (χ3v) is 2.56. The summed E-state index contributed by atoms with van der Waals surface area (Å²) in [6, 6.07) is 0. The van der Waals surface area contributed by atoms with Crippen molar-refractivity contribution in [2.75, 3.05) is 7.05 Å². The Morgan fingerprint density at radius 2 is 1.94 bits per heavy atom. The second-order valence-electron chi connectivity index (χ2n) is 3.78. The van der Waals surface area contributed by atoms with Gasteiger partial charge in [0.1, 0.15) is 12.7 Å². The van der Waals surface area contributed by atoms with Crippen molar-refractivity contribution < 1.29 is 4.92 Å². The number of hydrogen-bond donors (Lipinski definition) is 0. The number of nitro groups is 1. The Hall–Kier alpha value is -2.31. The van der Waals surface area contributed by atoms with E-state index in [1.54, 1.807) is 7.05 Å². The third-order valence-electron chi connectivity index (χ3n) is 2.56. The zero-order chi connectivity index (χ0) is 12.4.